The number of nitrogens with one attached hydrogen (secondary N) is 1. The second-order valence-corrected chi connectivity index (χ2v) is 6.65. The molecule has 2 aromatic rings. The average molecular weight is 356 g/mol. The van der Waals surface area contributed by atoms with Crippen LogP contribution in [0.3, 0.4) is 0 Å². The van der Waals surface area contributed by atoms with Gasteiger partial charge in [-0.2, -0.15) is 0 Å². The molecule has 2 aromatic carbocycles. The Labute approximate surface area is 153 Å². The van der Waals surface area contributed by atoms with E-state index in [1.807, 2.05) is 24.3 Å². The Morgan fingerprint density at radius 3 is 2.28 bits per heavy atom. The lowest BCUT2D eigenvalue weighted by Gasteiger charge is -2.34. The number of likely N-dealkylation sites (N-methyl/N-ethyl adjacent to an activating group) is 1. The summed E-state index contributed by atoms with van der Waals surface area (Å²) in [4.78, 5) is 16.7. The van der Waals surface area contributed by atoms with Gasteiger partial charge < -0.3 is 15.1 Å². The number of hydrogen-bond acceptors (Lipinski definition) is 3. The van der Waals surface area contributed by atoms with Gasteiger partial charge in [0, 0.05) is 48.7 Å². The fourth-order valence-corrected chi connectivity index (χ4v) is 2.88. The summed E-state index contributed by atoms with van der Waals surface area (Å²) in [5.74, 6) is -0.151. The molecule has 0 aromatic heterocycles. The molecular formula is C20H22ClN3O. The van der Waals surface area contributed by atoms with E-state index in [1.165, 1.54) is 11.8 Å². The van der Waals surface area contributed by atoms with Crippen molar-refractivity contribution in [3.8, 4) is 0 Å². The van der Waals surface area contributed by atoms with Crippen LogP contribution in [0.15, 0.2) is 54.6 Å². The van der Waals surface area contributed by atoms with E-state index in [1.54, 1.807) is 18.2 Å². The van der Waals surface area contributed by atoms with Crippen LogP contribution in [-0.4, -0.2) is 44.0 Å². The molecule has 0 bridgehead atoms. The van der Waals surface area contributed by atoms with Gasteiger partial charge in [-0.15, -0.1) is 0 Å². The van der Waals surface area contributed by atoms with Gasteiger partial charge >= 0.3 is 0 Å². The predicted molar refractivity (Wildman–Crippen MR) is 105 cm³/mol. The zero-order valence-corrected chi connectivity index (χ0v) is 15.0. The number of anilines is 2. The maximum Gasteiger partial charge on any atom is 0.248 e. The number of piperazine rings is 1. The lowest BCUT2D eigenvalue weighted by molar-refractivity contribution is -0.111. The zero-order valence-electron chi connectivity index (χ0n) is 14.3. The molecule has 5 heteroatoms. The number of hydrogen-bond donors (Lipinski definition) is 1. The molecule has 0 atom stereocenters. The van der Waals surface area contributed by atoms with E-state index in [-0.39, 0.29) is 5.91 Å². The third-order valence-corrected chi connectivity index (χ3v) is 4.55. The van der Waals surface area contributed by atoms with Crippen LogP contribution in [0.25, 0.3) is 6.08 Å². The third kappa shape index (κ3) is 5.08. The minimum absolute atomic E-state index is 0.151. The summed E-state index contributed by atoms with van der Waals surface area (Å²) in [6, 6.07) is 15.4. The topological polar surface area (TPSA) is 35.6 Å². The Hall–Kier alpha value is -2.30. The molecule has 3 rings (SSSR count). The number of nitrogens with zero attached hydrogens (tertiary/aromatic N) is 2. The molecule has 0 radical (unpaired) electrons. The first-order valence-electron chi connectivity index (χ1n) is 8.38. The van der Waals surface area contributed by atoms with Crippen molar-refractivity contribution in [2.24, 2.45) is 0 Å². The van der Waals surface area contributed by atoms with E-state index in [0.717, 1.165) is 37.4 Å². The van der Waals surface area contributed by atoms with Crippen molar-refractivity contribution in [2.75, 3.05) is 43.4 Å². The molecule has 1 heterocycles. The van der Waals surface area contributed by atoms with Crippen LogP contribution >= 0.6 is 11.6 Å². The first kappa shape index (κ1) is 17.5. The fraction of sp³-hybridized carbons (Fsp3) is 0.250. The molecule has 25 heavy (non-hydrogen) atoms. The number of halogens is 1. The summed E-state index contributed by atoms with van der Waals surface area (Å²) in [5, 5.41) is 3.56. The molecular weight excluding hydrogens is 334 g/mol. The van der Waals surface area contributed by atoms with Gasteiger partial charge in [0.05, 0.1) is 0 Å². The van der Waals surface area contributed by atoms with Crippen molar-refractivity contribution >= 4 is 35.0 Å². The number of carbonyl (C=O) groups excluding carboxylic acids is 1. The number of amides is 1. The predicted octanol–water partition coefficient (Wildman–Crippen LogP) is 3.74. The molecule has 0 unspecified atom stereocenters. The van der Waals surface area contributed by atoms with Crippen molar-refractivity contribution in [3.05, 3.63) is 65.2 Å². The van der Waals surface area contributed by atoms with Gasteiger partial charge in [-0.05, 0) is 55.1 Å². The molecule has 1 aliphatic heterocycles. The van der Waals surface area contributed by atoms with E-state index in [9.17, 15) is 4.79 Å². The van der Waals surface area contributed by atoms with E-state index in [4.69, 9.17) is 11.6 Å². The highest BCUT2D eigenvalue weighted by atomic mass is 35.5. The van der Waals surface area contributed by atoms with Crippen LogP contribution in [0.1, 0.15) is 5.56 Å². The quantitative estimate of drug-likeness (QED) is 0.848. The minimum Gasteiger partial charge on any atom is -0.369 e. The standard InChI is InChI=1S/C20H22ClN3O/c1-23-12-14-24(15-13-23)19-9-7-18(8-10-19)22-20(25)11-4-16-2-5-17(21)6-3-16/h2-11H,12-15H2,1H3,(H,22,25)/b11-4+. The Morgan fingerprint density at radius 1 is 1.00 bits per heavy atom. The monoisotopic (exact) mass is 355 g/mol. The van der Waals surface area contributed by atoms with Crippen LogP contribution in [0, 0.1) is 0 Å². The molecule has 1 fully saturated rings. The second kappa shape index (κ2) is 8.19. The summed E-state index contributed by atoms with van der Waals surface area (Å²) < 4.78 is 0. The number of benzene rings is 2. The maximum atomic E-state index is 12.0. The maximum absolute atomic E-state index is 12.0. The first-order valence-corrected chi connectivity index (χ1v) is 8.76. The minimum atomic E-state index is -0.151. The van der Waals surface area contributed by atoms with E-state index in [0.29, 0.717) is 5.02 Å². The molecule has 130 valence electrons. The second-order valence-electron chi connectivity index (χ2n) is 6.21. The lowest BCUT2D eigenvalue weighted by atomic mass is 10.2. The van der Waals surface area contributed by atoms with Crippen LogP contribution < -0.4 is 10.2 Å². The van der Waals surface area contributed by atoms with Crippen LogP contribution in [0.5, 0.6) is 0 Å². The summed E-state index contributed by atoms with van der Waals surface area (Å²) in [6.07, 6.45) is 3.29. The Balaban J connectivity index is 1.55. The molecule has 0 saturated carbocycles. The van der Waals surface area contributed by atoms with E-state index < -0.39 is 0 Å². The highest BCUT2D eigenvalue weighted by Crippen LogP contribution is 2.19. The Bertz CT molecular complexity index is 733. The van der Waals surface area contributed by atoms with Crippen molar-refractivity contribution in [3.63, 3.8) is 0 Å². The van der Waals surface area contributed by atoms with Crippen LogP contribution in [0.2, 0.25) is 5.02 Å². The van der Waals surface area contributed by atoms with Gasteiger partial charge in [-0.3, -0.25) is 4.79 Å². The normalized spacial score (nSPS) is 15.5. The van der Waals surface area contributed by atoms with Gasteiger partial charge in [0.2, 0.25) is 5.91 Å². The van der Waals surface area contributed by atoms with E-state index in [2.05, 4.69) is 34.3 Å². The highest BCUT2D eigenvalue weighted by Gasteiger charge is 2.13. The van der Waals surface area contributed by atoms with Gasteiger partial charge in [0.15, 0.2) is 0 Å². The zero-order chi connectivity index (χ0) is 17.6. The Kier molecular flexibility index (Phi) is 5.74. The van der Waals surface area contributed by atoms with Crippen molar-refractivity contribution < 1.29 is 4.79 Å². The van der Waals surface area contributed by atoms with Crippen molar-refractivity contribution in [1.82, 2.24) is 4.90 Å². The smallest absolute Gasteiger partial charge is 0.248 e. The summed E-state index contributed by atoms with van der Waals surface area (Å²) in [5.41, 5.74) is 2.93. The highest BCUT2D eigenvalue weighted by molar-refractivity contribution is 6.30. The van der Waals surface area contributed by atoms with Gasteiger partial charge in [-0.25, -0.2) is 0 Å². The molecule has 1 aliphatic rings. The van der Waals surface area contributed by atoms with Gasteiger partial charge in [0.1, 0.15) is 0 Å². The van der Waals surface area contributed by atoms with E-state index >= 15 is 0 Å². The summed E-state index contributed by atoms with van der Waals surface area (Å²) in [6.45, 7) is 4.22. The van der Waals surface area contributed by atoms with Gasteiger partial charge in [-0.1, -0.05) is 23.7 Å². The third-order valence-electron chi connectivity index (χ3n) is 4.30. The molecule has 4 nitrogen and oxygen atoms in total. The van der Waals surface area contributed by atoms with Crippen LogP contribution in [0.4, 0.5) is 11.4 Å². The Morgan fingerprint density at radius 2 is 1.64 bits per heavy atom. The molecule has 0 spiro atoms. The fourth-order valence-electron chi connectivity index (χ4n) is 2.75. The summed E-state index contributed by atoms with van der Waals surface area (Å²) in [7, 11) is 2.15. The molecule has 1 N–H and O–H groups in total. The van der Waals surface area contributed by atoms with Crippen molar-refractivity contribution in [1.29, 1.82) is 0 Å². The molecule has 1 saturated heterocycles. The SMILES string of the molecule is CN1CCN(c2ccc(NC(=O)/C=C/c3ccc(Cl)cc3)cc2)CC1. The molecule has 0 aliphatic carbocycles. The van der Waals surface area contributed by atoms with Crippen LogP contribution in [-0.2, 0) is 4.79 Å². The summed E-state index contributed by atoms with van der Waals surface area (Å²) >= 11 is 5.85. The number of carbonyl (C=O) groups is 1. The first-order chi connectivity index (χ1) is 12.1. The average Bonchev–Trinajstić information content (AvgIpc) is 2.63. The lowest BCUT2D eigenvalue weighted by Crippen LogP contribution is -2.44. The largest absolute Gasteiger partial charge is 0.369 e. The number of rotatable bonds is 4. The molecule has 1 amide bonds. The van der Waals surface area contributed by atoms with Crippen molar-refractivity contribution in [2.45, 2.75) is 0 Å². The van der Waals surface area contributed by atoms with Gasteiger partial charge in [0.25, 0.3) is 0 Å².